The summed E-state index contributed by atoms with van der Waals surface area (Å²) in [6.45, 7) is 6.39. The van der Waals surface area contributed by atoms with Crippen LogP contribution in [0.3, 0.4) is 0 Å². The lowest BCUT2D eigenvalue weighted by Gasteiger charge is -2.35. The highest BCUT2D eigenvalue weighted by molar-refractivity contribution is 5.82. The van der Waals surface area contributed by atoms with Crippen molar-refractivity contribution in [3.8, 4) is 0 Å². The molecule has 0 N–H and O–H groups in total. The molecule has 2 aromatic rings. The summed E-state index contributed by atoms with van der Waals surface area (Å²) in [5.41, 5.74) is 2.45. The van der Waals surface area contributed by atoms with Gasteiger partial charge in [0.15, 0.2) is 0 Å². The lowest BCUT2D eigenvalue weighted by molar-refractivity contribution is 0.249. The van der Waals surface area contributed by atoms with Crippen molar-refractivity contribution in [1.29, 1.82) is 0 Å². The van der Waals surface area contributed by atoms with Crippen molar-refractivity contribution >= 4 is 16.6 Å². The van der Waals surface area contributed by atoms with Crippen LogP contribution in [0, 0.1) is 5.92 Å². The van der Waals surface area contributed by atoms with Crippen LogP contribution in [0.1, 0.15) is 25.7 Å². The van der Waals surface area contributed by atoms with Gasteiger partial charge in [-0.25, -0.2) is 0 Å². The summed E-state index contributed by atoms with van der Waals surface area (Å²) < 4.78 is 0. The molecule has 3 heterocycles. The Kier molecular flexibility index (Phi) is 3.98. The van der Waals surface area contributed by atoms with Gasteiger partial charge >= 0.3 is 0 Å². The van der Waals surface area contributed by atoms with Gasteiger partial charge in [-0.05, 0) is 69.0 Å². The minimum Gasteiger partial charge on any atom is -0.371 e. The van der Waals surface area contributed by atoms with Gasteiger partial charge in [-0.2, -0.15) is 0 Å². The van der Waals surface area contributed by atoms with Crippen molar-refractivity contribution in [1.82, 2.24) is 9.88 Å². The van der Waals surface area contributed by atoms with Gasteiger partial charge in [-0.3, -0.25) is 4.98 Å². The first-order chi connectivity index (χ1) is 10.9. The van der Waals surface area contributed by atoms with E-state index in [-0.39, 0.29) is 0 Å². The molecule has 1 aromatic heterocycles. The van der Waals surface area contributed by atoms with Gasteiger partial charge < -0.3 is 9.80 Å². The third-order valence-corrected chi connectivity index (χ3v) is 5.28. The third-order valence-electron chi connectivity index (χ3n) is 5.28. The van der Waals surface area contributed by atoms with Gasteiger partial charge in [-0.15, -0.1) is 0 Å². The Balaban J connectivity index is 1.39. The number of hydrogen-bond donors (Lipinski definition) is 0. The molecular weight excluding hydrogens is 270 g/mol. The number of nitrogens with zero attached hydrogens (tertiary/aromatic N) is 3. The lowest BCUT2D eigenvalue weighted by Crippen LogP contribution is -2.38. The van der Waals surface area contributed by atoms with Crippen LogP contribution in [-0.2, 0) is 0 Å². The lowest BCUT2D eigenvalue weighted by atomic mass is 9.95. The zero-order chi connectivity index (χ0) is 14.8. The van der Waals surface area contributed by atoms with Gasteiger partial charge in [0.2, 0.25) is 0 Å². The second kappa shape index (κ2) is 6.25. The molecule has 0 bridgehead atoms. The molecule has 0 amide bonds. The number of fused-ring (bicyclic) bond motifs is 1. The first-order valence-electron chi connectivity index (χ1n) is 8.70. The number of hydrogen-bond acceptors (Lipinski definition) is 3. The number of aromatic nitrogens is 1. The van der Waals surface area contributed by atoms with Crippen LogP contribution < -0.4 is 4.90 Å². The Morgan fingerprint density at radius 2 is 1.82 bits per heavy atom. The molecule has 2 aliphatic rings. The quantitative estimate of drug-likeness (QED) is 0.863. The van der Waals surface area contributed by atoms with Crippen LogP contribution >= 0.6 is 0 Å². The normalized spacial score (nSPS) is 20.8. The van der Waals surface area contributed by atoms with Gasteiger partial charge in [0.25, 0.3) is 0 Å². The maximum Gasteiger partial charge on any atom is 0.0703 e. The standard InChI is InChI=1S/C19H25N3/c1-2-11-21(10-1)15-16-7-12-22(13-8-16)18-5-6-19-17(14-18)4-3-9-20-19/h3-6,9,14,16H,1-2,7-8,10-13,15H2. The van der Waals surface area contributed by atoms with Gasteiger partial charge in [-0.1, -0.05) is 6.07 Å². The molecule has 4 rings (SSSR count). The summed E-state index contributed by atoms with van der Waals surface area (Å²) >= 11 is 0. The van der Waals surface area contributed by atoms with E-state index >= 15 is 0 Å². The molecule has 0 saturated carbocycles. The van der Waals surface area contributed by atoms with E-state index in [4.69, 9.17) is 0 Å². The maximum atomic E-state index is 4.41. The van der Waals surface area contributed by atoms with Crippen LogP contribution in [0.15, 0.2) is 36.5 Å². The van der Waals surface area contributed by atoms with E-state index in [1.807, 2.05) is 12.3 Å². The number of likely N-dealkylation sites (tertiary alicyclic amines) is 1. The topological polar surface area (TPSA) is 19.4 Å². The van der Waals surface area contributed by atoms with Crippen molar-refractivity contribution in [3.63, 3.8) is 0 Å². The van der Waals surface area contributed by atoms with Crippen molar-refractivity contribution in [2.24, 2.45) is 5.92 Å². The zero-order valence-corrected chi connectivity index (χ0v) is 13.2. The van der Waals surface area contributed by atoms with Gasteiger partial charge in [0.1, 0.15) is 0 Å². The van der Waals surface area contributed by atoms with Crippen molar-refractivity contribution in [3.05, 3.63) is 36.5 Å². The van der Waals surface area contributed by atoms with Crippen molar-refractivity contribution in [2.75, 3.05) is 37.6 Å². The molecule has 116 valence electrons. The molecule has 0 unspecified atom stereocenters. The van der Waals surface area contributed by atoms with Gasteiger partial charge in [0, 0.05) is 36.9 Å². The van der Waals surface area contributed by atoms with Crippen molar-refractivity contribution in [2.45, 2.75) is 25.7 Å². The summed E-state index contributed by atoms with van der Waals surface area (Å²) in [6, 6.07) is 10.9. The Morgan fingerprint density at radius 3 is 2.64 bits per heavy atom. The van der Waals surface area contributed by atoms with E-state index in [2.05, 4.69) is 39.0 Å². The molecule has 2 saturated heterocycles. The molecule has 0 spiro atoms. The van der Waals surface area contributed by atoms with E-state index < -0.39 is 0 Å². The monoisotopic (exact) mass is 295 g/mol. The molecule has 0 atom stereocenters. The summed E-state index contributed by atoms with van der Waals surface area (Å²) in [6.07, 6.45) is 7.35. The number of rotatable bonds is 3. The van der Waals surface area contributed by atoms with E-state index in [9.17, 15) is 0 Å². The molecule has 2 aliphatic heterocycles. The SMILES string of the molecule is c1cnc2ccc(N3CCC(CN4CCCC4)CC3)cc2c1. The second-order valence-corrected chi connectivity index (χ2v) is 6.82. The summed E-state index contributed by atoms with van der Waals surface area (Å²) in [5, 5.41) is 1.25. The molecule has 0 aliphatic carbocycles. The highest BCUT2D eigenvalue weighted by Crippen LogP contribution is 2.27. The maximum absolute atomic E-state index is 4.41. The van der Waals surface area contributed by atoms with Crippen LogP contribution in [0.2, 0.25) is 0 Å². The van der Waals surface area contributed by atoms with Crippen LogP contribution in [0.5, 0.6) is 0 Å². The summed E-state index contributed by atoms with van der Waals surface area (Å²) in [5.74, 6) is 0.900. The zero-order valence-electron chi connectivity index (χ0n) is 13.2. The van der Waals surface area contributed by atoms with Crippen LogP contribution in [0.4, 0.5) is 5.69 Å². The molecule has 3 nitrogen and oxygen atoms in total. The predicted molar refractivity (Wildman–Crippen MR) is 92.4 cm³/mol. The first kappa shape index (κ1) is 14.0. The fourth-order valence-corrected chi connectivity index (χ4v) is 3.96. The summed E-state index contributed by atoms with van der Waals surface area (Å²) in [4.78, 5) is 9.63. The molecule has 2 fully saturated rings. The minimum atomic E-state index is 0.900. The summed E-state index contributed by atoms with van der Waals surface area (Å²) in [7, 11) is 0. The second-order valence-electron chi connectivity index (χ2n) is 6.82. The minimum absolute atomic E-state index is 0.900. The van der Waals surface area contributed by atoms with Crippen LogP contribution in [0.25, 0.3) is 10.9 Å². The van der Waals surface area contributed by atoms with E-state index in [0.717, 1.165) is 11.4 Å². The fraction of sp³-hybridized carbons (Fsp3) is 0.526. The average Bonchev–Trinajstić information content (AvgIpc) is 3.08. The number of piperidine rings is 1. The predicted octanol–water partition coefficient (Wildman–Crippen LogP) is 3.55. The largest absolute Gasteiger partial charge is 0.371 e. The molecular formula is C19H25N3. The molecule has 3 heteroatoms. The highest BCUT2D eigenvalue weighted by Gasteiger charge is 2.23. The van der Waals surface area contributed by atoms with Crippen molar-refractivity contribution < 1.29 is 0 Å². The highest BCUT2D eigenvalue weighted by atomic mass is 15.2. The van der Waals surface area contributed by atoms with Crippen LogP contribution in [-0.4, -0.2) is 42.6 Å². The number of pyridine rings is 1. The molecule has 1 aromatic carbocycles. The number of benzene rings is 1. The van der Waals surface area contributed by atoms with E-state index in [0.29, 0.717) is 0 Å². The fourth-order valence-electron chi connectivity index (χ4n) is 3.96. The average molecular weight is 295 g/mol. The molecule has 0 radical (unpaired) electrons. The Morgan fingerprint density at radius 1 is 1.00 bits per heavy atom. The Labute approximate surface area is 132 Å². The van der Waals surface area contributed by atoms with Gasteiger partial charge in [0.05, 0.1) is 5.52 Å². The van der Waals surface area contributed by atoms with E-state index in [1.165, 1.54) is 69.5 Å². The number of anilines is 1. The third kappa shape index (κ3) is 2.95. The first-order valence-corrected chi connectivity index (χ1v) is 8.70. The smallest absolute Gasteiger partial charge is 0.0703 e. The van der Waals surface area contributed by atoms with E-state index in [1.54, 1.807) is 0 Å². The molecule has 22 heavy (non-hydrogen) atoms. The Hall–Kier alpha value is -1.61. The Bertz CT molecular complexity index is 625.